The number of hydrogen-bond donors (Lipinski definition) is 0. The number of piperazine rings is 1. The van der Waals surface area contributed by atoms with Gasteiger partial charge in [-0.2, -0.15) is 8.99 Å². The lowest BCUT2D eigenvalue weighted by atomic mass is 9.92. The van der Waals surface area contributed by atoms with Gasteiger partial charge in [-0.1, -0.05) is 23.8 Å². The van der Waals surface area contributed by atoms with Crippen LogP contribution in [-0.4, -0.2) is 64.0 Å². The van der Waals surface area contributed by atoms with Gasteiger partial charge in [0.25, 0.3) is 0 Å². The molecule has 0 amide bonds. The molecule has 0 radical (unpaired) electrons. The summed E-state index contributed by atoms with van der Waals surface area (Å²) in [4.78, 5) is 2.63. The van der Waals surface area contributed by atoms with E-state index >= 15 is 0 Å². The van der Waals surface area contributed by atoms with Crippen molar-refractivity contribution in [3.05, 3.63) is 65.0 Å². The van der Waals surface area contributed by atoms with E-state index in [2.05, 4.69) is 20.4 Å². The molecule has 0 N–H and O–H groups in total. The van der Waals surface area contributed by atoms with E-state index in [4.69, 9.17) is 0 Å². The Morgan fingerprint density at radius 3 is 2.38 bits per heavy atom. The third-order valence-electron chi connectivity index (χ3n) is 6.47. The zero-order chi connectivity index (χ0) is 22.1. The molecule has 32 heavy (non-hydrogen) atoms. The van der Waals surface area contributed by atoms with Gasteiger partial charge in [-0.3, -0.25) is 4.90 Å². The predicted octanol–water partition coefficient (Wildman–Crippen LogP) is 2.36. The summed E-state index contributed by atoms with van der Waals surface area (Å²) in [5, 5.41) is 12.2. The number of sulfonamides is 1. The van der Waals surface area contributed by atoms with E-state index in [1.165, 1.54) is 23.1 Å². The molecule has 1 aliphatic carbocycles. The lowest BCUT2D eigenvalue weighted by Crippen LogP contribution is -2.48. The van der Waals surface area contributed by atoms with Crippen LogP contribution in [0, 0.1) is 6.92 Å². The van der Waals surface area contributed by atoms with Gasteiger partial charge in [-0.25, -0.2) is 8.42 Å². The first-order chi connectivity index (χ1) is 15.5. The van der Waals surface area contributed by atoms with Gasteiger partial charge >= 0.3 is 0 Å². The summed E-state index contributed by atoms with van der Waals surface area (Å²) in [7, 11) is -3.48. The van der Waals surface area contributed by atoms with E-state index in [1.54, 1.807) is 15.1 Å². The molecule has 2 heterocycles. The Balaban J connectivity index is 1.25. The molecule has 0 unspecified atom stereocenters. The van der Waals surface area contributed by atoms with Crippen molar-refractivity contribution in [3.63, 3.8) is 0 Å². The van der Waals surface area contributed by atoms with Crippen LogP contribution >= 0.6 is 0 Å². The fourth-order valence-corrected chi connectivity index (χ4v) is 6.01. The zero-order valence-corrected chi connectivity index (χ0v) is 19.1. The number of benzene rings is 2. The van der Waals surface area contributed by atoms with Crippen molar-refractivity contribution in [2.24, 2.45) is 0 Å². The van der Waals surface area contributed by atoms with Crippen LogP contribution in [0.4, 0.5) is 0 Å². The Kier molecular flexibility index (Phi) is 5.79. The third kappa shape index (κ3) is 4.20. The van der Waals surface area contributed by atoms with Crippen LogP contribution in [0.1, 0.15) is 35.4 Å². The van der Waals surface area contributed by atoms with Gasteiger partial charge in [0.2, 0.25) is 10.0 Å². The van der Waals surface area contributed by atoms with Crippen LogP contribution in [0.15, 0.2) is 47.4 Å². The standard InChI is InChI=1S/C23H28N6O2S/c1-18-6-9-21(10-7-18)29-23(24-25-26-29)17-27-12-14-28(15-13-27)32(30,31)22-11-8-19-4-2-3-5-20(19)16-22/h6-11,16H,2-5,12-15,17H2,1H3. The second kappa shape index (κ2) is 8.73. The molecule has 2 aliphatic rings. The van der Waals surface area contributed by atoms with E-state index in [9.17, 15) is 8.42 Å². The molecule has 5 rings (SSSR count). The Hall–Kier alpha value is -2.62. The van der Waals surface area contributed by atoms with Gasteiger partial charge in [-0.05, 0) is 78.4 Å². The molecule has 0 saturated carbocycles. The van der Waals surface area contributed by atoms with E-state index in [0.29, 0.717) is 37.6 Å². The minimum absolute atomic E-state index is 0.426. The molecule has 1 aliphatic heterocycles. The Morgan fingerprint density at radius 2 is 1.62 bits per heavy atom. The van der Waals surface area contributed by atoms with Gasteiger partial charge in [-0.15, -0.1) is 5.10 Å². The van der Waals surface area contributed by atoms with Crippen molar-refractivity contribution >= 4 is 10.0 Å². The summed E-state index contributed by atoms with van der Waals surface area (Å²) in [5.41, 5.74) is 4.59. The second-order valence-corrected chi connectivity index (χ2v) is 10.6. The second-order valence-electron chi connectivity index (χ2n) is 8.66. The molecule has 0 spiro atoms. The van der Waals surface area contributed by atoms with Crippen molar-refractivity contribution < 1.29 is 8.42 Å². The number of nitrogens with zero attached hydrogens (tertiary/aromatic N) is 6. The highest BCUT2D eigenvalue weighted by Crippen LogP contribution is 2.26. The summed E-state index contributed by atoms with van der Waals surface area (Å²) in [6, 6.07) is 13.7. The third-order valence-corrected chi connectivity index (χ3v) is 8.36. The van der Waals surface area contributed by atoms with Gasteiger partial charge < -0.3 is 0 Å². The van der Waals surface area contributed by atoms with Crippen molar-refractivity contribution in [1.29, 1.82) is 0 Å². The average molecular weight is 453 g/mol. The number of tetrazole rings is 1. The topological polar surface area (TPSA) is 84.2 Å². The van der Waals surface area contributed by atoms with Gasteiger partial charge in [0.1, 0.15) is 0 Å². The van der Waals surface area contributed by atoms with Crippen LogP contribution < -0.4 is 0 Å². The molecule has 0 atom stereocenters. The van der Waals surface area contributed by atoms with Crippen molar-refractivity contribution in [3.8, 4) is 5.69 Å². The monoisotopic (exact) mass is 452 g/mol. The molecule has 2 aromatic carbocycles. The Labute approximate surface area is 188 Å². The number of aromatic nitrogens is 4. The van der Waals surface area contributed by atoms with Crippen molar-refractivity contribution in [1.82, 2.24) is 29.4 Å². The van der Waals surface area contributed by atoms with Crippen LogP contribution in [0.25, 0.3) is 5.69 Å². The number of aryl methyl sites for hydroxylation is 3. The highest BCUT2D eigenvalue weighted by Gasteiger charge is 2.30. The molecule has 168 valence electrons. The van der Waals surface area contributed by atoms with Gasteiger partial charge in [0, 0.05) is 26.2 Å². The molecule has 9 heteroatoms. The van der Waals surface area contributed by atoms with Crippen LogP contribution in [0.3, 0.4) is 0 Å². The summed E-state index contributed by atoms with van der Waals surface area (Å²) < 4.78 is 29.8. The molecule has 8 nitrogen and oxygen atoms in total. The molecule has 1 aromatic heterocycles. The lowest BCUT2D eigenvalue weighted by Gasteiger charge is -2.33. The highest BCUT2D eigenvalue weighted by atomic mass is 32.2. The SMILES string of the molecule is Cc1ccc(-n2nnnc2CN2CCN(S(=O)(=O)c3ccc4c(c3)CCCC4)CC2)cc1. The molecular formula is C23H28N6O2S. The molecule has 3 aromatic rings. The van der Waals surface area contributed by atoms with Crippen molar-refractivity contribution in [2.45, 2.75) is 44.0 Å². The van der Waals surface area contributed by atoms with E-state index in [1.807, 2.05) is 43.3 Å². The maximum absolute atomic E-state index is 13.2. The average Bonchev–Trinajstić information content (AvgIpc) is 3.27. The first kappa shape index (κ1) is 21.2. The maximum Gasteiger partial charge on any atom is 0.243 e. The first-order valence-corrected chi connectivity index (χ1v) is 12.6. The van der Waals surface area contributed by atoms with Gasteiger partial charge in [0.05, 0.1) is 17.1 Å². The predicted molar refractivity (Wildman–Crippen MR) is 121 cm³/mol. The quantitative estimate of drug-likeness (QED) is 0.591. The summed E-state index contributed by atoms with van der Waals surface area (Å²) in [6.45, 7) is 4.84. The Bertz CT molecular complexity index is 1200. The number of hydrogen-bond acceptors (Lipinski definition) is 6. The minimum atomic E-state index is -3.48. The molecule has 0 bridgehead atoms. The number of rotatable bonds is 5. The largest absolute Gasteiger partial charge is 0.293 e. The van der Waals surface area contributed by atoms with E-state index in [-0.39, 0.29) is 0 Å². The van der Waals surface area contributed by atoms with E-state index < -0.39 is 10.0 Å². The smallest absolute Gasteiger partial charge is 0.243 e. The molecule has 1 saturated heterocycles. The Morgan fingerprint density at radius 1 is 0.906 bits per heavy atom. The van der Waals surface area contributed by atoms with Crippen LogP contribution in [0.2, 0.25) is 0 Å². The lowest BCUT2D eigenvalue weighted by molar-refractivity contribution is 0.177. The fourth-order valence-electron chi connectivity index (χ4n) is 4.54. The fraction of sp³-hybridized carbons (Fsp3) is 0.435. The molecular weight excluding hydrogens is 424 g/mol. The van der Waals surface area contributed by atoms with Crippen molar-refractivity contribution in [2.75, 3.05) is 26.2 Å². The first-order valence-electron chi connectivity index (χ1n) is 11.2. The summed E-state index contributed by atoms with van der Waals surface area (Å²) >= 11 is 0. The normalized spacial score (nSPS) is 17.9. The number of fused-ring (bicyclic) bond motifs is 1. The highest BCUT2D eigenvalue weighted by molar-refractivity contribution is 7.89. The molecule has 1 fully saturated rings. The van der Waals surface area contributed by atoms with Crippen LogP contribution in [0.5, 0.6) is 0 Å². The van der Waals surface area contributed by atoms with E-state index in [0.717, 1.165) is 30.8 Å². The minimum Gasteiger partial charge on any atom is -0.293 e. The van der Waals surface area contributed by atoms with Gasteiger partial charge in [0.15, 0.2) is 5.82 Å². The van der Waals surface area contributed by atoms with Crippen LogP contribution in [-0.2, 0) is 29.4 Å². The maximum atomic E-state index is 13.2. The zero-order valence-electron chi connectivity index (χ0n) is 18.3. The summed E-state index contributed by atoms with van der Waals surface area (Å²) in [5.74, 6) is 0.750. The summed E-state index contributed by atoms with van der Waals surface area (Å²) in [6.07, 6.45) is 4.35.